The molecule has 0 fully saturated rings. The zero-order valence-corrected chi connectivity index (χ0v) is 14.7. The predicted molar refractivity (Wildman–Crippen MR) is 89.1 cm³/mol. The smallest absolute Gasteiger partial charge is 0.349 e. The van der Waals surface area contributed by atoms with E-state index in [-0.39, 0.29) is 11.9 Å². The maximum Gasteiger partial charge on any atom is 0.416 e. The summed E-state index contributed by atoms with van der Waals surface area (Å²) in [5.74, 6) is 0.0981. The van der Waals surface area contributed by atoms with Crippen LogP contribution in [0.1, 0.15) is 41.7 Å². The maximum absolute atomic E-state index is 12.6. The largest absolute Gasteiger partial charge is 0.416 e. The molecule has 3 nitrogen and oxygen atoms in total. The highest BCUT2D eigenvalue weighted by Gasteiger charge is 2.30. The standard InChI is InChI=1S/C17H19F3N2OS/c1-9(2)10(3)21-15(23)14-11(4)22-16(24-14)12-5-7-13(8-6-12)17(18,19)20/h5-10H,1-4H3,(H,21,23)/t10-/m0/s1. The second-order valence-electron chi connectivity index (χ2n) is 6.01. The first-order valence-electron chi connectivity index (χ1n) is 7.55. The molecule has 1 heterocycles. The number of halogens is 3. The number of alkyl halides is 3. The highest BCUT2D eigenvalue weighted by molar-refractivity contribution is 7.17. The van der Waals surface area contributed by atoms with Crippen molar-refractivity contribution in [3.8, 4) is 10.6 Å². The summed E-state index contributed by atoms with van der Waals surface area (Å²) in [6.45, 7) is 7.67. The number of aryl methyl sites for hydroxylation is 1. The Kier molecular flexibility index (Phi) is 5.32. The molecule has 1 aromatic carbocycles. The van der Waals surface area contributed by atoms with Gasteiger partial charge in [-0.05, 0) is 31.9 Å². The van der Waals surface area contributed by atoms with E-state index in [0.29, 0.717) is 27.1 Å². The second kappa shape index (κ2) is 6.93. The van der Waals surface area contributed by atoms with Crippen LogP contribution in [0.3, 0.4) is 0 Å². The number of carbonyl (C=O) groups excluding carboxylic acids is 1. The number of thiazole rings is 1. The topological polar surface area (TPSA) is 42.0 Å². The van der Waals surface area contributed by atoms with E-state index >= 15 is 0 Å². The zero-order valence-electron chi connectivity index (χ0n) is 13.9. The van der Waals surface area contributed by atoms with Gasteiger partial charge in [0.1, 0.15) is 9.88 Å². The lowest BCUT2D eigenvalue weighted by molar-refractivity contribution is -0.137. The van der Waals surface area contributed by atoms with Crippen molar-refractivity contribution in [2.24, 2.45) is 5.92 Å². The molecule has 0 radical (unpaired) electrons. The Bertz CT molecular complexity index is 720. The second-order valence-corrected chi connectivity index (χ2v) is 7.01. The van der Waals surface area contributed by atoms with E-state index in [2.05, 4.69) is 10.3 Å². The van der Waals surface area contributed by atoms with Crippen LogP contribution in [-0.2, 0) is 6.18 Å². The minimum Gasteiger partial charge on any atom is -0.349 e. The van der Waals surface area contributed by atoms with Gasteiger partial charge in [0.05, 0.1) is 11.3 Å². The molecule has 0 bridgehead atoms. The van der Waals surface area contributed by atoms with Crippen LogP contribution in [0.15, 0.2) is 24.3 Å². The summed E-state index contributed by atoms with van der Waals surface area (Å²) < 4.78 is 37.9. The molecule has 0 unspecified atom stereocenters. The molecule has 0 aliphatic carbocycles. The van der Waals surface area contributed by atoms with Crippen LogP contribution in [-0.4, -0.2) is 16.9 Å². The molecule has 0 spiro atoms. The van der Waals surface area contributed by atoms with Gasteiger partial charge in [0.15, 0.2) is 0 Å². The maximum atomic E-state index is 12.6. The SMILES string of the molecule is Cc1nc(-c2ccc(C(F)(F)F)cc2)sc1C(=O)N[C@@H](C)C(C)C. The Hall–Kier alpha value is -1.89. The number of hydrogen-bond donors (Lipinski definition) is 1. The first-order chi connectivity index (χ1) is 11.1. The number of nitrogens with one attached hydrogen (secondary N) is 1. The average molecular weight is 356 g/mol. The summed E-state index contributed by atoms with van der Waals surface area (Å²) in [6, 6.07) is 4.81. The third kappa shape index (κ3) is 4.14. The van der Waals surface area contributed by atoms with Crippen LogP contribution in [0.25, 0.3) is 10.6 Å². The molecular weight excluding hydrogens is 337 g/mol. The summed E-state index contributed by atoms with van der Waals surface area (Å²) in [7, 11) is 0. The number of amides is 1. The fourth-order valence-corrected chi connectivity index (χ4v) is 2.95. The minimum absolute atomic E-state index is 0.0218. The van der Waals surface area contributed by atoms with Crippen LogP contribution < -0.4 is 5.32 Å². The molecule has 2 aromatic rings. The van der Waals surface area contributed by atoms with Crippen molar-refractivity contribution in [3.63, 3.8) is 0 Å². The van der Waals surface area contributed by atoms with E-state index < -0.39 is 11.7 Å². The number of hydrogen-bond acceptors (Lipinski definition) is 3. The van der Waals surface area contributed by atoms with Crippen molar-refractivity contribution in [1.29, 1.82) is 0 Å². The molecule has 130 valence electrons. The van der Waals surface area contributed by atoms with Crippen LogP contribution in [0.5, 0.6) is 0 Å². The Morgan fingerprint density at radius 2 is 1.75 bits per heavy atom. The van der Waals surface area contributed by atoms with Gasteiger partial charge in [-0.25, -0.2) is 4.98 Å². The molecule has 24 heavy (non-hydrogen) atoms. The number of nitrogens with zero attached hydrogens (tertiary/aromatic N) is 1. The van der Waals surface area contributed by atoms with Gasteiger partial charge in [0.2, 0.25) is 0 Å². The van der Waals surface area contributed by atoms with E-state index in [9.17, 15) is 18.0 Å². The highest BCUT2D eigenvalue weighted by Crippen LogP contribution is 2.33. The first-order valence-corrected chi connectivity index (χ1v) is 8.37. The third-order valence-corrected chi connectivity index (χ3v) is 5.03. The molecule has 0 aliphatic rings. The summed E-state index contributed by atoms with van der Waals surface area (Å²) in [6.07, 6.45) is -4.37. The van der Waals surface area contributed by atoms with Crippen molar-refractivity contribution in [3.05, 3.63) is 40.4 Å². The van der Waals surface area contributed by atoms with Crippen molar-refractivity contribution in [2.45, 2.75) is 39.9 Å². The van der Waals surface area contributed by atoms with Gasteiger partial charge in [0.25, 0.3) is 5.91 Å². The molecule has 1 N–H and O–H groups in total. The lowest BCUT2D eigenvalue weighted by Crippen LogP contribution is -2.35. The normalized spacial score (nSPS) is 13.2. The number of carbonyl (C=O) groups is 1. The van der Waals surface area contributed by atoms with Crippen molar-refractivity contribution in [2.75, 3.05) is 0 Å². The van der Waals surface area contributed by atoms with Crippen molar-refractivity contribution < 1.29 is 18.0 Å². The quantitative estimate of drug-likeness (QED) is 0.846. The van der Waals surface area contributed by atoms with Crippen molar-refractivity contribution >= 4 is 17.2 Å². The number of rotatable bonds is 4. The summed E-state index contributed by atoms with van der Waals surface area (Å²) >= 11 is 1.18. The Morgan fingerprint density at radius 3 is 2.25 bits per heavy atom. The monoisotopic (exact) mass is 356 g/mol. The molecule has 0 saturated heterocycles. The van der Waals surface area contributed by atoms with E-state index in [1.807, 2.05) is 20.8 Å². The number of aromatic nitrogens is 1. The summed E-state index contributed by atoms with van der Waals surface area (Å²) in [5.41, 5.74) is 0.429. The average Bonchev–Trinajstić information content (AvgIpc) is 2.88. The Labute approximate surface area is 142 Å². The van der Waals surface area contributed by atoms with Crippen LogP contribution in [0, 0.1) is 12.8 Å². The third-order valence-electron chi connectivity index (χ3n) is 3.82. The van der Waals surface area contributed by atoms with Gasteiger partial charge in [0, 0.05) is 11.6 Å². The molecule has 0 saturated carbocycles. The highest BCUT2D eigenvalue weighted by atomic mass is 32.1. The van der Waals surface area contributed by atoms with Gasteiger partial charge in [-0.15, -0.1) is 11.3 Å². The van der Waals surface area contributed by atoms with E-state index in [1.54, 1.807) is 6.92 Å². The molecule has 0 aliphatic heterocycles. The van der Waals surface area contributed by atoms with Crippen molar-refractivity contribution in [1.82, 2.24) is 10.3 Å². The Balaban J connectivity index is 2.24. The fraction of sp³-hybridized carbons (Fsp3) is 0.412. The molecule has 1 atom stereocenters. The van der Waals surface area contributed by atoms with Crippen LogP contribution in [0.2, 0.25) is 0 Å². The van der Waals surface area contributed by atoms with Gasteiger partial charge in [-0.1, -0.05) is 26.0 Å². The van der Waals surface area contributed by atoms with Gasteiger partial charge >= 0.3 is 6.18 Å². The molecule has 1 aromatic heterocycles. The first kappa shape index (κ1) is 18.4. The zero-order chi connectivity index (χ0) is 18.1. The summed E-state index contributed by atoms with van der Waals surface area (Å²) in [4.78, 5) is 17.1. The lowest BCUT2D eigenvalue weighted by atomic mass is 10.1. The Morgan fingerprint density at radius 1 is 1.17 bits per heavy atom. The van der Waals surface area contributed by atoms with E-state index in [4.69, 9.17) is 0 Å². The van der Waals surface area contributed by atoms with Crippen LogP contribution >= 0.6 is 11.3 Å². The minimum atomic E-state index is -4.37. The van der Waals surface area contributed by atoms with E-state index in [1.165, 1.54) is 23.5 Å². The molecule has 7 heteroatoms. The molecule has 1 amide bonds. The fourth-order valence-electron chi connectivity index (χ4n) is 1.97. The molecule has 2 rings (SSSR count). The van der Waals surface area contributed by atoms with Gasteiger partial charge in [-0.3, -0.25) is 4.79 Å². The number of benzene rings is 1. The lowest BCUT2D eigenvalue weighted by Gasteiger charge is -2.16. The van der Waals surface area contributed by atoms with Gasteiger partial charge in [-0.2, -0.15) is 13.2 Å². The van der Waals surface area contributed by atoms with Gasteiger partial charge < -0.3 is 5.32 Å². The predicted octanol–water partition coefficient (Wildman–Crippen LogP) is 4.91. The molecular formula is C17H19F3N2OS. The van der Waals surface area contributed by atoms with E-state index in [0.717, 1.165) is 12.1 Å². The van der Waals surface area contributed by atoms with Crippen LogP contribution in [0.4, 0.5) is 13.2 Å². The summed E-state index contributed by atoms with van der Waals surface area (Å²) in [5, 5.41) is 3.44.